The van der Waals surface area contributed by atoms with Crippen molar-refractivity contribution < 1.29 is 0 Å². The third-order valence-electron chi connectivity index (χ3n) is 3.29. The van der Waals surface area contributed by atoms with E-state index in [-0.39, 0.29) is 0 Å². The van der Waals surface area contributed by atoms with Crippen LogP contribution in [0.2, 0.25) is 0 Å². The number of hydrogen-bond acceptors (Lipinski definition) is 6. The molecule has 0 amide bonds. The molecular weight excluding hydrogens is 252 g/mol. The average molecular weight is 272 g/mol. The largest absolute Gasteiger partial charge is 0.374 e. The van der Waals surface area contributed by atoms with Gasteiger partial charge in [-0.3, -0.25) is 0 Å². The second kappa shape index (κ2) is 6.56. The van der Waals surface area contributed by atoms with E-state index in [1.165, 1.54) is 43.4 Å². The summed E-state index contributed by atoms with van der Waals surface area (Å²) < 4.78 is 0.986. The highest BCUT2D eigenvalue weighted by molar-refractivity contribution is 8.01. The average Bonchev–Trinajstić information content (AvgIpc) is 2.76. The first-order valence-corrected chi connectivity index (χ1v) is 7.98. The van der Waals surface area contributed by atoms with E-state index in [0.29, 0.717) is 5.13 Å². The van der Waals surface area contributed by atoms with Gasteiger partial charge in [-0.15, -0.1) is 10.2 Å². The Hall–Kier alpha value is -0.330. The zero-order valence-corrected chi connectivity index (χ0v) is 11.9. The van der Waals surface area contributed by atoms with Gasteiger partial charge in [-0.25, -0.2) is 0 Å². The fourth-order valence-electron chi connectivity index (χ4n) is 2.26. The van der Waals surface area contributed by atoms with Gasteiger partial charge in [-0.1, -0.05) is 42.4 Å². The first-order valence-electron chi connectivity index (χ1n) is 6.18. The number of rotatable bonds is 5. The van der Waals surface area contributed by atoms with Crippen LogP contribution in [-0.4, -0.2) is 40.5 Å². The molecule has 1 saturated carbocycles. The second-order valence-corrected chi connectivity index (χ2v) is 6.88. The molecule has 0 bridgehead atoms. The van der Waals surface area contributed by atoms with Gasteiger partial charge in [0.15, 0.2) is 4.34 Å². The van der Waals surface area contributed by atoms with Crippen LogP contribution >= 0.6 is 23.1 Å². The first kappa shape index (κ1) is 13.1. The number of thioether (sulfide) groups is 1. The van der Waals surface area contributed by atoms with E-state index >= 15 is 0 Å². The van der Waals surface area contributed by atoms with Crippen LogP contribution in [0.15, 0.2) is 4.34 Å². The van der Waals surface area contributed by atoms with Gasteiger partial charge in [-0.05, 0) is 19.9 Å². The Morgan fingerprint density at radius 2 is 2.12 bits per heavy atom. The van der Waals surface area contributed by atoms with Crippen molar-refractivity contribution in [2.75, 3.05) is 25.1 Å². The van der Waals surface area contributed by atoms with Gasteiger partial charge < -0.3 is 10.6 Å². The maximum absolute atomic E-state index is 5.55. The third-order valence-corrected chi connectivity index (χ3v) is 5.16. The van der Waals surface area contributed by atoms with Gasteiger partial charge in [0.05, 0.1) is 0 Å². The molecule has 4 nitrogen and oxygen atoms in total. The topological polar surface area (TPSA) is 55.0 Å². The molecule has 1 heterocycles. The predicted molar refractivity (Wildman–Crippen MR) is 74.5 cm³/mol. The van der Waals surface area contributed by atoms with Gasteiger partial charge in [0.1, 0.15) is 0 Å². The van der Waals surface area contributed by atoms with Crippen LogP contribution in [0, 0.1) is 0 Å². The third kappa shape index (κ3) is 4.12. The summed E-state index contributed by atoms with van der Waals surface area (Å²) in [5.74, 6) is 1.07. The van der Waals surface area contributed by atoms with E-state index in [0.717, 1.165) is 22.7 Å². The van der Waals surface area contributed by atoms with E-state index in [9.17, 15) is 0 Å². The summed E-state index contributed by atoms with van der Waals surface area (Å²) in [6.45, 7) is 1.12. The summed E-state index contributed by atoms with van der Waals surface area (Å²) in [5, 5.41) is 8.39. The summed E-state index contributed by atoms with van der Waals surface area (Å²) in [7, 11) is 2.24. The van der Waals surface area contributed by atoms with Gasteiger partial charge in [0.2, 0.25) is 5.13 Å². The molecule has 2 N–H and O–H groups in total. The molecule has 0 spiro atoms. The van der Waals surface area contributed by atoms with Gasteiger partial charge >= 0.3 is 0 Å². The number of hydrogen-bond donors (Lipinski definition) is 1. The summed E-state index contributed by atoms with van der Waals surface area (Å²) in [4.78, 5) is 2.50. The van der Waals surface area contributed by atoms with Crippen LogP contribution in [0.1, 0.15) is 32.1 Å². The smallest absolute Gasteiger partial charge is 0.203 e. The van der Waals surface area contributed by atoms with Crippen LogP contribution in [-0.2, 0) is 0 Å². The normalized spacial score (nSPS) is 17.8. The fraction of sp³-hybridized carbons (Fsp3) is 0.818. The Kier molecular flexibility index (Phi) is 5.06. The summed E-state index contributed by atoms with van der Waals surface area (Å²) in [6.07, 6.45) is 6.95. The molecule has 2 rings (SSSR count). The Morgan fingerprint density at radius 3 is 2.76 bits per heavy atom. The van der Waals surface area contributed by atoms with Crippen molar-refractivity contribution in [1.82, 2.24) is 15.1 Å². The van der Waals surface area contributed by atoms with Crippen LogP contribution in [0.4, 0.5) is 5.13 Å². The van der Waals surface area contributed by atoms with Gasteiger partial charge in [-0.2, -0.15) is 0 Å². The highest BCUT2D eigenvalue weighted by Gasteiger charge is 2.17. The number of anilines is 1. The van der Waals surface area contributed by atoms with Crippen LogP contribution in [0.25, 0.3) is 0 Å². The SMILES string of the molecule is CN(CCSc1nnc(N)s1)C1CCCCC1. The first-order chi connectivity index (χ1) is 8.25. The van der Waals surface area contributed by atoms with E-state index in [2.05, 4.69) is 22.1 Å². The van der Waals surface area contributed by atoms with E-state index in [4.69, 9.17) is 5.73 Å². The van der Waals surface area contributed by atoms with Crippen molar-refractivity contribution in [2.45, 2.75) is 42.5 Å². The molecule has 0 aromatic carbocycles. The van der Waals surface area contributed by atoms with Crippen molar-refractivity contribution in [2.24, 2.45) is 0 Å². The minimum atomic E-state index is 0.563. The van der Waals surface area contributed by atoms with E-state index in [1.54, 1.807) is 11.8 Å². The molecule has 1 aromatic rings. The molecule has 17 heavy (non-hydrogen) atoms. The van der Waals surface area contributed by atoms with Gasteiger partial charge in [0, 0.05) is 18.3 Å². The molecule has 0 radical (unpaired) electrons. The highest BCUT2D eigenvalue weighted by atomic mass is 32.2. The molecule has 0 saturated heterocycles. The molecule has 1 aromatic heterocycles. The minimum Gasteiger partial charge on any atom is -0.374 e. The predicted octanol–water partition coefficient (Wildman–Crippen LogP) is 2.48. The molecule has 1 aliphatic carbocycles. The van der Waals surface area contributed by atoms with E-state index < -0.39 is 0 Å². The van der Waals surface area contributed by atoms with Crippen molar-refractivity contribution in [3.63, 3.8) is 0 Å². The molecule has 0 aliphatic heterocycles. The standard InChI is InChI=1S/C11H20N4S2/c1-15(9-5-3-2-4-6-9)7-8-16-11-14-13-10(12)17-11/h9H,2-8H2,1H3,(H2,12,13). The monoisotopic (exact) mass is 272 g/mol. The lowest BCUT2D eigenvalue weighted by atomic mass is 9.94. The van der Waals surface area contributed by atoms with Crippen molar-refractivity contribution in [1.29, 1.82) is 0 Å². The maximum Gasteiger partial charge on any atom is 0.203 e. The lowest BCUT2D eigenvalue weighted by Crippen LogP contribution is -2.34. The molecule has 1 aliphatic rings. The zero-order chi connectivity index (χ0) is 12.1. The second-order valence-electron chi connectivity index (χ2n) is 4.53. The van der Waals surface area contributed by atoms with Crippen LogP contribution in [0.3, 0.4) is 0 Å². The summed E-state index contributed by atoms with van der Waals surface area (Å²) in [6, 6.07) is 0.795. The Balaban J connectivity index is 1.67. The zero-order valence-electron chi connectivity index (χ0n) is 10.3. The van der Waals surface area contributed by atoms with E-state index in [1.807, 2.05) is 0 Å². The number of nitrogens with two attached hydrogens (primary N) is 1. The Morgan fingerprint density at radius 1 is 1.35 bits per heavy atom. The maximum atomic E-state index is 5.55. The van der Waals surface area contributed by atoms with Crippen molar-refractivity contribution in [3.05, 3.63) is 0 Å². The molecular formula is C11H20N4S2. The van der Waals surface area contributed by atoms with Crippen LogP contribution in [0.5, 0.6) is 0 Å². The minimum absolute atomic E-state index is 0.563. The molecule has 0 unspecified atom stereocenters. The number of aromatic nitrogens is 2. The quantitative estimate of drug-likeness (QED) is 0.835. The summed E-state index contributed by atoms with van der Waals surface area (Å²) >= 11 is 3.23. The summed E-state index contributed by atoms with van der Waals surface area (Å²) in [5.41, 5.74) is 5.55. The molecule has 96 valence electrons. The fourth-order valence-corrected chi connectivity index (χ4v) is 4.00. The lowest BCUT2D eigenvalue weighted by Gasteiger charge is -2.30. The Labute approximate surface area is 111 Å². The number of nitrogens with zero attached hydrogens (tertiary/aromatic N) is 3. The molecule has 1 fully saturated rings. The molecule has 6 heteroatoms. The number of nitrogen functional groups attached to an aromatic ring is 1. The van der Waals surface area contributed by atoms with Gasteiger partial charge in [0.25, 0.3) is 0 Å². The molecule has 0 atom stereocenters. The lowest BCUT2D eigenvalue weighted by molar-refractivity contribution is 0.202. The highest BCUT2D eigenvalue weighted by Crippen LogP contribution is 2.25. The van der Waals surface area contributed by atoms with Crippen LogP contribution < -0.4 is 5.73 Å². The van der Waals surface area contributed by atoms with Crippen molar-refractivity contribution in [3.8, 4) is 0 Å². The Bertz CT molecular complexity index is 336. The van der Waals surface area contributed by atoms with Crippen molar-refractivity contribution >= 4 is 28.2 Å².